The number of hydrogen-bond acceptors (Lipinski definition) is 1. The van der Waals surface area contributed by atoms with Crippen LogP contribution in [0.25, 0.3) is 0 Å². The van der Waals surface area contributed by atoms with Gasteiger partial charge in [-0.1, -0.05) is 58.0 Å². The van der Waals surface area contributed by atoms with Gasteiger partial charge in [-0.05, 0) is 0 Å². The maximum absolute atomic E-state index is 5.38. The third-order valence-electron chi connectivity index (χ3n) is 0.586. The van der Waals surface area contributed by atoms with E-state index in [9.17, 15) is 0 Å². The lowest BCUT2D eigenvalue weighted by molar-refractivity contribution is 0.271. The zero-order valence-corrected chi connectivity index (χ0v) is 10.1. The van der Waals surface area contributed by atoms with E-state index in [2.05, 4.69) is 4.43 Å². The van der Waals surface area contributed by atoms with Crippen LogP contribution in [0.4, 0.5) is 0 Å². The molecule has 0 aromatic carbocycles. The van der Waals surface area contributed by atoms with Crippen molar-refractivity contribution in [2.24, 2.45) is 0 Å². The first-order valence-corrected chi connectivity index (χ1v) is 4.51. The molecule has 0 aliphatic rings. The van der Waals surface area contributed by atoms with Gasteiger partial charge in [0.1, 0.15) is 10.5 Å². The monoisotopic (exact) mass is 246 g/mol. The molecule has 0 rings (SSSR count). The van der Waals surface area contributed by atoms with Crippen molar-refractivity contribution in [2.45, 2.75) is 8.31 Å². The topological polar surface area (TPSA) is 9.23 Å². The summed E-state index contributed by atoms with van der Waals surface area (Å²) in [6.45, 7) is 0. The highest BCUT2D eigenvalue weighted by Gasteiger charge is 2.45. The maximum Gasteiger partial charge on any atom is 0.255 e. The third-order valence-corrected chi connectivity index (χ3v) is 3.97. The van der Waals surface area contributed by atoms with Crippen molar-refractivity contribution in [3.8, 4) is 0 Å². The van der Waals surface area contributed by atoms with Gasteiger partial charge in [0.25, 0.3) is 4.52 Å². The summed E-state index contributed by atoms with van der Waals surface area (Å²) in [5.74, 6) is 0. The van der Waals surface area contributed by atoms with Crippen molar-refractivity contribution in [3.63, 3.8) is 0 Å². The van der Waals surface area contributed by atoms with Crippen LogP contribution < -0.4 is 0 Å². The quantitative estimate of drug-likeness (QED) is 0.508. The molecule has 0 heterocycles. The molecule has 0 N–H and O–H groups in total. The molecule has 0 unspecified atom stereocenters. The van der Waals surface area contributed by atoms with Crippen molar-refractivity contribution in [3.05, 3.63) is 0 Å². The van der Waals surface area contributed by atoms with E-state index in [1.54, 1.807) is 0 Å². The first-order valence-electron chi connectivity index (χ1n) is 1.81. The summed E-state index contributed by atoms with van der Waals surface area (Å²) < 4.78 is 1.06. The lowest BCUT2D eigenvalue weighted by Gasteiger charge is -2.25. The zero-order valence-electron chi connectivity index (χ0n) is 4.30. The van der Waals surface area contributed by atoms with Crippen LogP contribution in [0.1, 0.15) is 0 Å². The molecule has 0 aromatic heterocycles. The van der Waals surface area contributed by atoms with E-state index in [0.29, 0.717) is 10.5 Å². The van der Waals surface area contributed by atoms with Crippen molar-refractivity contribution in [1.82, 2.24) is 0 Å². The highest BCUT2D eigenvalue weighted by atomic mass is 35.6. The molecule has 0 spiro atoms. The highest BCUT2D eigenvalue weighted by Crippen LogP contribution is 2.45. The number of alkyl halides is 5. The lowest BCUT2D eigenvalue weighted by atomic mass is 10.8. The first kappa shape index (κ1) is 10.6. The predicted octanol–water partition coefficient (Wildman–Crippen LogP) is 1.78. The predicted molar refractivity (Wildman–Crippen MR) is 45.8 cm³/mol. The Morgan fingerprint density at radius 2 is 1.33 bits per heavy atom. The Kier molecular flexibility index (Phi) is 3.95. The molecule has 0 saturated heterocycles. The van der Waals surface area contributed by atoms with Gasteiger partial charge in [-0.25, -0.2) is 0 Å². The van der Waals surface area contributed by atoms with E-state index in [1.165, 1.54) is 0 Å². The molecule has 0 fully saturated rings. The molecule has 0 saturated carbocycles. The summed E-state index contributed by atoms with van der Waals surface area (Å²) in [5.41, 5.74) is 0. The van der Waals surface area contributed by atoms with Crippen molar-refractivity contribution in [1.29, 1.82) is 0 Å². The minimum absolute atomic E-state index is 0.311. The minimum Gasteiger partial charge on any atom is -0.395 e. The molecule has 56 valence electrons. The molecule has 0 bridgehead atoms. The third kappa shape index (κ3) is 3.02. The van der Waals surface area contributed by atoms with Crippen LogP contribution in [0.3, 0.4) is 0 Å². The molecular formula is C2H3Cl5OSi. The number of hydrogen-bond donors (Lipinski definition) is 0. The molecule has 0 aliphatic heterocycles. The maximum atomic E-state index is 5.38. The Hall–Kier alpha value is 1.63. The number of halogens is 5. The second-order valence-electron chi connectivity index (χ2n) is 1.22. The van der Waals surface area contributed by atoms with Crippen LogP contribution in [0.5, 0.6) is 0 Å². The first-order chi connectivity index (χ1) is 3.81. The molecule has 0 radical (unpaired) electrons. The average Bonchev–Trinajstić information content (AvgIpc) is 1.64. The van der Waals surface area contributed by atoms with E-state index in [4.69, 9.17) is 58.0 Å². The summed E-state index contributed by atoms with van der Waals surface area (Å²) in [7, 11) is 0.311. The van der Waals surface area contributed by atoms with Gasteiger partial charge in [-0.2, -0.15) is 0 Å². The van der Waals surface area contributed by atoms with Gasteiger partial charge in [-0.3, -0.25) is 0 Å². The summed E-state index contributed by atoms with van der Waals surface area (Å²) in [4.78, 5) is 0. The molecule has 7 heteroatoms. The van der Waals surface area contributed by atoms with Gasteiger partial charge in [0.05, 0.1) is 0 Å². The van der Waals surface area contributed by atoms with Crippen LogP contribution >= 0.6 is 58.0 Å². The molecule has 0 atom stereocenters. The molecular weight excluding hydrogens is 245 g/mol. The Bertz CT molecular complexity index is 97.6. The molecule has 9 heavy (non-hydrogen) atoms. The largest absolute Gasteiger partial charge is 0.395 e. The van der Waals surface area contributed by atoms with E-state index in [0.717, 1.165) is 0 Å². The van der Waals surface area contributed by atoms with Gasteiger partial charge in [0, 0.05) is 0 Å². The second kappa shape index (κ2) is 3.35. The van der Waals surface area contributed by atoms with Crippen LogP contribution in [0.15, 0.2) is 0 Å². The highest BCUT2D eigenvalue weighted by molar-refractivity contribution is 6.75. The van der Waals surface area contributed by atoms with Crippen LogP contribution in [0.2, 0.25) is 0 Å². The van der Waals surface area contributed by atoms with Crippen LogP contribution in [-0.4, -0.2) is 18.8 Å². The molecule has 0 amide bonds. The van der Waals surface area contributed by atoms with E-state index < -0.39 is 8.31 Å². The van der Waals surface area contributed by atoms with Crippen molar-refractivity contribution >= 4 is 68.5 Å². The van der Waals surface area contributed by atoms with E-state index in [1.807, 2.05) is 0 Å². The van der Waals surface area contributed by atoms with Gasteiger partial charge < -0.3 is 4.43 Å². The fourth-order valence-corrected chi connectivity index (χ4v) is 1.04. The summed E-state index contributed by atoms with van der Waals surface area (Å²) in [6.07, 6.45) is 0. The van der Waals surface area contributed by atoms with Crippen molar-refractivity contribution < 1.29 is 4.43 Å². The van der Waals surface area contributed by atoms with Gasteiger partial charge >= 0.3 is 0 Å². The fourth-order valence-electron chi connectivity index (χ4n) is 0.116. The average molecular weight is 248 g/mol. The molecule has 0 aliphatic carbocycles. The second-order valence-corrected chi connectivity index (χ2v) is 5.17. The Morgan fingerprint density at radius 3 is 1.33 bits per heavy atom. The van der Waals surface area contributed by atoms with Crippen molar-refractivity contribution in [2.75, 3.05) is 0 Å². The number of rotatable bonds is 1. The summed E-state index contributed by atoms with van der Waals surface area (Å²) >= 11 is 26.6. The Balaban J connectivity index is 4.14. The fraction of sp³-hybridized carbons (Fsp3) is 1.00. The van der Waals surface area contributed by atoms with Gasteiger partial charge in [0.15, 0.2) is 0 Å². The van der Waals surface area contributed by atoms with Crippen LogP contribution in [-0.2, 0) is 4.43 Å². The smallest absolute Gasteiger partial charge is 0.255 e. The molecule has 1 nitrogen and oxygen atoms in total. The Morgan fingerprint density at radius 1 is 1.00 bits per heavy atom. The summed E-state index contributed by atoms with van der Waals surface area (Å²) in [6, 6.07) is 0. The Labute approximate surface area is 81.0 Å². The molecule has 0 aromatic rings. The van der Waals surface area contributed by atoms with E-state index in [-0.39, 0.29) is 0 Å². The van der Waals surface area contributed by atoms with E-state index >= 15 is 0 Å². The minimum atomic E-state index is -1.79. The summed E-state index contributed by atoms with van der Waals surface area (Å²) in [5, 5.41) is 0. The normalized spacial score (nSPS) is 14.3. The van der Waals surface area contributed by atoms with Gasteiger partial charge in [0.2, 0.25) is 3.79 Å². The van der Waals surface area contributed by atoms with Gasteiger partial charge in [-0.15, -0.1) is 0 Å². The zero-order chi connectivity index (χ0) is 7.71. The SMILES string of the molecule is [SiH3]OC(Cl)(Cl)C(Cl)(Cl)Cl. The van der Waals surface area contributed by atoms with Crippen LogP contribution in [0, 0.1) is 0 Å². The standard InChI is InChI=1S/C2H3Cl5OSi/c3-1(4,5)2(6,7)8-9/h9H3. The lowest BCUT2D eigenvalue weighted by Crippen LogP contribution is -2.33.